The van der Waals surface area contributed by atoms with Crippen LogP contribution in [0.3, 0.4) is 0 Å². The van der Waals surface area contributed by atoms with Gasteiger partial charge in [-0.15, -0.1) is 0 Å². The minimum Gasteiger partial charge on any atom is -0.355 e. The largest absolute Gasteiger partial charge is 0.355 e. The van der Waals surface area contributed by atoms with Crippen molar-refractivity contribution >= 4 is 16.7 Å². The molecule has 1 fully saturated rings. The molecular formula is C28H30FN3. The summed E-state index contributed by atoms with van der Waals surface area (Å²) in [5.74, 6) is 1.59. The zero-order valence-corrected chi connectivity index (χ0v) is 18.9. The van der Waals surface area contributed by atoms with E-state index in [9.17, 15) is 4.39 Å². The lowest BCUT2D eigenvalue weighted by molar-refractivity contribution is 0.402. The van der Waals surface area contributed by atoms with Gasteiger partial charge in [-0.1, -0.05) is 48.5 Å². The molecule has 3 nitrogen and oxygen atoms in total. The van der Waals surface area contributed by atoms with Crippen molar-refractivity contribution in [3.8, 4) is 0 Å². The average molecular weight is 428 g/mol. The smallest absolute Gasteiger partial charge is 0.153 e. The highest BCUT2D eigenvalue weighted by Gasteiger charge is 2.24. The first kappa shape index (κ1) is 20.7. The van der Waals surface area contributed by atoms with Crippen molar-refractivity contribution < 1.29 is 4.39 Å². The Balaban J connectivity index is 1.43. The molecule has 1 aliphatic rings. The monoisotopic (exact) mass is 427 g/mol. The molecule has 32 heavy (non-hydrogen) atoms. The molecule has 0 amide bonds. The molecule has 1 saturated heterocycles. The van der Waals surface area contributed by atoms with Gasteiger partial charge in [0.1, 0.15) is 5.82 Å². The summed E-state index contributed by atoms with van der Waals surface area (Å²) in [6.45, 7) is 6.82. The van der Waals surface area contributed by atoms with Gasteiger partial charge < -0.3 is 9.47 Å². The molecule has 0 aliphatic carbocycles. The third-order valence-corrected chi connectivity index (χ3v) is 7.09. The summed E-state index contributed by atoms with van der Waals surface area (Å²) in [6.07, 6.45) is 5.40. The predicted molar refractivity (Wildman–Crippen MR) is 130 cm³/mol. The van der Waals surface area contributed by atoms with E-state index >= 15 is 0 Å². The van der Waals surface area contributed by atoms with Crippen LogP contribution >= 0.6 is 0 Å². The zero-order chi connectivity index (χ0) is 22.1. The maximum atomic E-state index is 14.5. The molecule has 0 saturated carbocycles. The van der Waals surface area contributed by atoms with E-state index in [4.69, 9.17) is 4.98 Å². The number of aromatic nitrogens is 2. The summed E-state index contributed by atoms with van der Waals surface area (Å²) in [6, 6.07) is 20.0. The Bertz CT molecular complexity index is 1220. The number of hydrogen-bond donors (Lipinski definition) is 0. The van der Waals surface area contributed by atoms with Crippen LogP contribution in [0.4, 0.5) is 10.2 Å². The summed E-state index contributed by atoms with van der Waals surface area (Å²) >= 11 is 0. The molecular weight excluding hydrogens is 397 g/mol. The van der Waals surface area contributed by atoms with Crippen molar-refractivity contribution in [2.45, 2.75) is 39.7 Å². The second-order valence-corrected chi connectivity index (χ2v) is 9.04. The van der Waals surface area contributed by atoms with Crippen LogP contribution in [0.2, 0.25) is 0 Å². The van der Waals surface area contributed by atoms with Crippen LogP contribution in [0.15, 0.2) is 66.9 Å². The summed E-state index contributed by atoms with van der Waals surface area (Å²) in [7, 11) is 0. The number of pyridine rings is 1. The van der Waals surface area contributed by atoms with Gasteiger partial charge in [0, 0.05) is 35.9 Å². The molecule has 2 aromatic heterocycles. The molecule has 164 valence electrons. The van der Waals surface area contributed by atoms with Crippen molar-refractivity contribution in [3.63, 3.8) is 0 Å². The van der Waals surface area contributed by atoms with E-state index in [0.29, 0.717) is 18.0 Å². The summed E-state index contributed by atoms with van der Waals surface area (Å²) in [5.41, 5.74) is 5.70. The maximum absolute atomic E-state index is 14.5. The highest BCUT2D eigenvalue weighted by Crippen LogP contribution is 2.34. The molecule has 1 aliphatic heterocycles. The Kier molecular flexibility index (Phi) is 5.69. The number of piperidine rings is 1. The second-order valence-electron chi connectivity index (χ2n) is 9.04. The van der Waals surface area contributed by atoms with Crippen LogP contribution in [-0.4, -0.2) is 22.6 Å². The number of anilines is 1. The molecule has 3 heterocycles. The highest BCUT2D eigenvalue weighted by atomic mass is 19.1. The van der Waals surface area contributed by atoms with Crippen LogP contribution in [0, 0.1) is 25.6 Å². The highest BCUT2D eigenvalue weighted by molar-refractivity contribution is 5.93. The van der Waals surface area contributed by atoms with E-state index in [1.165, 1.54) is 35.0 Å². The number of nitrogens with zero attached hydrogens (tertiary/aromatic N) is 3. The van der Waals surface area contributed by atoms with Crippen LogP contribution in [0.25, 0.3) is 10.9 Å². The van der Waals surface area contributed by atoms with Gasteiger partial charge in [0.05, 0.1) is 12.1 Å². The lowest BCUT2D eigenvalue weighted by Crippen LogP contribution is -2.35. The molecule has 5 rings (SSSR count). The number of halogens is 1. The van der Waals surface area contributed by atoms with Gasteiger partial charge in [-0.05, 0) is 62.3 Å². The molecule has 0 unspecified atom stereocenters. The Labute approximate surface area is 189 Å². The van der Waals surface area contributed by atoms with Crippen LogP contribution < -0.4 is 4.90 Å². The molecule has 0 bridgehead atoms. The van der Waals surface area contributed by atoms with E-state index in [2.05, 4.69) is 59.7 Å². The molecule has 0 spiro atoms. The van der Waals surface area contributed by atoms with E-state index in [0.717, 1.165) is 30.8 Å². The van der Waals surface area contributed by atoms with Crippen LogP contribution in [-0.2, 0) is 13.0 Å². The van der Waals surface area contributed by atoms with E-state index in [1.54, 1.807) is 12.1 Å². The molecule has 4 heteroatoms. The maximum Gasteiger partial charge on any atom is 0.153 e. The van der Waals surface area contributed by atoms with Crippen LogP contribution in [0.5, 0.6) is 0 Å². The lowest BCUT2D eigenvalue weighted by Gasteiger charge is -2.33. The Hall–Kier alpha value is -3.14. The summed E-state index contributed by atoms with van der Waals surface area (Å²) in [4.78, 5) is 7.26. The SMILES string of the molecule is Cc1c(C)n(Cc2ccccc2F)c2c(N3CCC(Cc4ccccc4)CC3)nccc12. The number of fused-ring (bicyclic) bond motifs is 1. The first-order valence-electron chi connectivity index (χ1n) is 11.6. The first-order valence-corrected chi connectivity index (χ1v) is 11.6. The van der Waals surface area contributed by atoms with Gasteiger partial charge in [-0.25, -0.2) is 9.37 Å². The third kappa shape index (κ3) is 3.90. The first-order chi connectivity index (χ1) is 15.6. The molecule has 0 radical (unpaired) electrons. The number of hydrogen-bond acceptors (Lipinski definition) is 2. The van der Waals surface area contributed by atoms with Gasteiger partial charge in [-0.2, -0.15) is 0 Å². The van der Waals surface area contributed by atoms with Crippen molar-refractivity contribution in [1.29, 1.82) is 0 Å². The number of aryl methyl sites for hydroxylation is 1. The molecule has 2 aromatic carbocycles. The molecule has 4 aromatic rings. The lowest BCUT2D eigenvalue weighted by atomic mass is 9.90. The Morgan fingerprint density at radius 3 is 2.41 bits per heavy atom. The fraction of sp³-hybridized carbons (Fsp3) is 0.321. The van der Waals surface area contributed by atoms with Gasteiger partial charge in [0.25, 0.3) is 0 Å². The van der Waals surface area contributed by atoms with Gasteiger partial charge in [0.2, 0.25) is 0 Å². The minimum atomic E-state index is -0.154. The topological polar surface area (TPSA) is 21.1 Å². The van der Waals surface area contributed by atoms with Crippen LogP contribution in [0.1, 0.15) is 35.2 Å². The second kappa shape index (κ2) is 8.78. The van der Waals surface area contributed by atoms with Gasteiger partial charge in [0.15, 0.2) is 5.82 Å². The summed E-state index contributed by atoms with van der Waals surface area (Å²) in [5, 5.41) is 1.22. The minimum absolute atomic E-state index is 0.154. The van der Waals surface area contributed by atoms with E-state index < -0.39 is 0 Å². The van der Waals surface area contributed by atoms with E-state index in [-0.39, 0.29) is 5.82 Å². The third-order valence-electron chi connectivity index (χ3n) is 7.09. The van der Waals surface area contributed by atoms with Crippen molar-refractivity contribution in [3.05, 3.63) is 95.1 Å². The van der Waals surface area contributed by atoms with Gasteiger partial charge >= 0.3 is 0 Å². The summed E-state index contributed by atoms with van der Waals surface area (Å²) < 4.78 is 16.7. The van der Waals surface area contributed by atoms with E-state index in [1.807, 2.05) is 18.3 Å². The van der Waals surface area contributed by atoms with Crippen molar-refractivity contribution in [1.82, 2.24) is 9.55 Å². The number of rotatable bonds is 5. The predicted octanol–water partition coefficient (Wildman–Crippen LogP) is 6.30. The Morgan fingerprint density at radius 2 is 1.66 bits per heavy atom. The average Bonchev–Trinajstić information content (AvgIpc) is 3.07. The fourth-order valence-corrected chi connectivity index (χ4v) is 5.10. The quantitative estimate of drug-likeness (QED) is 0.373. The Morgan fingerprint density at radius 1 is 0.938 bits per heavy atom. The van der Waals surface area contributed by atoms with Crippen molar-refractivity contribution in [2.24, 2.45) is 5.92 Å². The number of benzene rings is 2. The molecule has 0 atom stereocenters. The standard InChI is InChI=1S/C28H30FN3/c1-20-21(2)32(19-24-10-6-7-11-26(24)29)27-25(20)12-15-30-28(27)31-16-13-23(14-17-31)18-22-8-4-3-5-9-22/h3-12,15,23H,13-14,16-19H2,1-2H3. The van der Waals surface area contributed by atoms with Crippen molar-refractivity contribution in [2.75, 3.05) is 18.0 Å². The fourth-order valence-electron chi connectivity index (χ4n) is 5.10. The normalized spacial score (nSPS) is 14.9. The molecule has 0 N–H and O–H groups in total. The van der Waals surface area contributed by atoms with Gasteiger partial charge in [-0.3, -0.25) is 0 Å². The zero-order valence-electron chi connectivity index (χ0n) is 18.9.